The van der Waals surface area contributed by atoms with Gasteiger partial charge in [-0.15, -0.1) is 0 Å². The highest BCUT2D eigenvalue weighted by Gasteiger charge is 2.58. The molecule has 4 heterocycles. The molecule has 170 valence electrons. The highest BCUT2D eigenvalue weighted by Crippen LogP contribution is 2.42. The van der Waals surface area contributed by atoms with Crippen LogP contribution in [0, 0.1) is 0 Å². The predicted octanol–water partition coefficient (Wildman–Crippen LogP) is 2.72. The Labute approximate surface area is 191 Å². The van der Waals surface area contributed by atoms with Crippen molar-refractivity contribution >= 4 is 11.8 Å². The first-order chi connectivity index (χ1) is 16.1. The lowest BCUT2D eigenvalue weighted by Gasteiger charge is -2.42. The van der Waals surface area contributed by atoms with E-state index in [2.05, 4.69) is 4.98 Å². The van der Waals surface area contributed by atoms with E-state index in [0.29, 0.717) is 26.2 Å². The molecule has 0 N–H and O–H groups in total. The Kier molecular flexibility index (Phi) is 5.60. The topological polar surface area (TPSA) is 85.1 Å². The molecular weight excluding hydrogens is 422 g/mol. The average Bonchev–Trinajstić information content (AvgIpc) is 3.52. The number of methoxy groups -OCH3 is 1. The molecule has 8 heteroatoms. The van der Waals surface area contributed by atoms with Crippen molar-refractivity contribution in [3.8, 4) is 5.75 Å². The maximum atomic E-state index is 13.9. The van der Waals surface area contributed by atoms with Crippen molar-refractivity contribution in [3.63, 3.8) is 0 Å². The van der Waals surface area contributed by atoms with E-state index in [9.17, 15) is 9.59 Å². The van der Waals surface area contributed by atoms with Crippen molar-refractivity contribution in [2.24, 2.45) is 0 Å². The summed E-state index contributed by atoms with van der Waals surface area (Å²) >= 11 is 0. The first-order valence-corrected chi connectivity index (χ1v) is 10.9. The van der Waals surface area contributed by atoms with Gasteiger partial charge in [0, 0.05) is 37.9 Å². The molecule has 2 aliphatic heterocycles. The maximum absolute atomic E-state index is 13.9. The third kappa shape index (κ3) is 3.87. The predicted molar refractivity (Wildman–Crippen MR) is 119 cm³/mol. The SMILES string of the molecule is COc1ccc(CN2CCO[C@@]3(CN(C(=O)c4ccco4)C[C@@H]3c3cccnc3)C2=O)cc1. The summed E-state index contributed by atoms with van der Waals surface area (Å²) in [5.74, 6) is 0.303. The van der Waals surface area contributed by atoms with Crippen LogP contribution in [0.25, 0.3) is 0 Å². The fraction of sp³-hybridized carbons (Fsp3) is 0.320. The normalized spacial score (nSPS) is 22.7. The quantitative estimate of drug-likeness (QED) is 0.598. The molecular formula is C25H25N3O5. The standard InChI is InChI=1S/C25H25N3O5/c1-31-20-8-6-18(7-9-20)15-27-11-13-33-25(24(27)30)17-28(23(29)22-5-3-12-32-22)16-21(25)19-4-2-10-26-14-19/h2-10,12,14,21H,11,13,15-17H2,1H3/t21-,25-/m1/s1. The Hall–Kier alpha value is -3.65. The molecule has 2 aliphatic rings. The van der Waals surface area contributed by atoms with Crippen molar-refractivity contribution in [3.05, 3.63) is 84.1 Å². The Balaban J connectivity index is 1.45. The second-order valence-electron chi connectivity index (χ2n) is 8.31. The minimum Gasteiger partial charge on any atom is -0.497 e. The first kappa shape index (κ1) is 21.2. The zero-order chi connectivity index (χ0) is 22.8. The van der Waals surface area contributed by atoms with Gasteiger partial charge in [-0.2, -0.15) is 0 Å². The number of furan rings is 1. The van der Waals surface area contributed by atoms with Crippen LogP contribution in [-0.4, -0.2) is 65.6 Å². The molecule has 0 aliphatic carbocycles. The van der Waals surface area contributed by atoms with E-state index >= 15 is 0 Å². The Morgan fingerprint density at radius 2 is 2.06 bits per heavy atom. The second kappa shape index (κ2) is 8.71. The van der Waals surface area contributed by atoms with Gasteiger partial charge in [0.2, 0.25) is 0 Å². The van der Waals surface area contributed by atoms with E-state index < -0.39 is 5.60 Å². The summed E-state index contributed by atoms with van der Waals surface area (Å²) in [6, 6.07) is 14.7. The molecule has 0 unspecified atom stereocenters. The van der Waals surface area contributed by atoms with Crippen molar-refractivity contribution in [2.45, 2.75) is 18.1 Å². The van der Waals surface area contributed by atoms with Gasteiger partial charge in [0.15, 0.2) is 11.4 Å². The third-order valence-electron chi connectivity index (χ3n) is 6.40. The number of amides is 2. The lowest BCUT2D eigenvalue weighted by molar-refractivity contribution is -0.172. The number of pyridine rings is 1. The van der Waals surface area contributed by atoms with Crippen LogP contribution in [0.15, 0.2) is 71.6 Å². The Morgan fingerprint density at radius 1 is 1.21 bits per heavy atom. The van der Waals surface area contributed by atoms with Gasteiger partial charge in [0.25, 0.3) is 11.8 Å². The van der Waals surface area contributed by atoms with Crippen LogP contribution in [0.1, 0.15) is 27.6 Å². The van der Waals surface area contributed by atoms with Crippen LogP contribution in [0.3, 0.4) is 0 Å². The summed E-state index contributed by atoms with van der Waals surface area (Å²) in [6.45, 7) is 1.83. The molecule has 2 saturated heterocycles. The van der Waals surface area contributed by atoms with Crippen molar-refractivity contribution in [1.82, 2.24) is 14.8 Å². The fourth-order valence-electron chi connectivity index (χ4n) is 4.73. The van der Waals surface area contributed by atoms with Crippen LogP contribution in [-0.2, 0) is 16.1 Å². The van der Waals surface area contributed by atoms with Crippen molar-refractivity contribution < 1.29 is 23.5 Å². The number of morpholine rings is 1. The third-order valence-corrected chi connectivity index (χ3v) is 6.40. The van der Waals surface area contributed by atoms with E-state index in [4.69, 9.17) is 13.9 Å². The highest BCUT2D eigenvalue weighted by atomic mass is 16.5. The molecule has 2 amide bonds. The summed E-state index contributed by atoms with van der Waals surface area (Å²) < 4.78 is 16.8. The van der Waals surface area contributed by atoms with Gasteiger partial charge in [0.05, 0.1) is 26.5 Å². The molecule has 0 bridgehead atoms. The lowest BCUT2D eigenvalue weighted by Crippen LogP contribution is -2.60. The number of hydrogen-bond donors (Lipinski definition) is 0. The molecule has 1 aromatic carbocycles. The number of benzene rings is 1. The largest absolute Gasteiger partial charge is 0.497 e. The Bertz CT molecular complexity index is 1120. The highest BCUT2D eigenvalue weighted by molar-refractivity contribution is 5.94. The summed E-state index contributed by atoms with van der Waals surface area (Å²) in [6.07, 6.45) is 4.90. The van der Waals surface area contributed by atoms with E-state index in [1.165, 1.54) is 6.26 Å². The van der Waals surface area contributed by atoms with Crippen molar-refractivity contribution in [1.29, 1.82) is 0 Å². The van der Waals surface area contributed by atoms with Crippen LogP contribution in [0.5, 0.6) is 5.75 Å². The van der Waals surface area contributed by atoms with Gasteiger partial charge < -0.3 is 23.7 Å². The van der Waals surface area contributed by atoms with Gasteiger partial charge in [-0.05, 0) is 41.5 Å². The molecule has 0 saturated carbocycles. The number of rotatable bonds is 5. The monoisotopic (exact) mass is 447 g/mol. The lowest BCUT2D eigenvalue weighted by atomic mass is 9.83. The molecule has 33 heavy (non-hydrogen) atoms. The van der Waals surface area contributed by atoms with Gasteiger partial charge in [-0.25, -0.2) is 0 Å². The summed E-state index contributed by atoms with van der Waals surface area (Å²) in [7, 11) is 1.62. The minimum absolute atomic E-state index is 0.117. The van der Waals surface area contributed by atoms with Crippen LogP contribution < -0.4 is 4.74 Å². The number of aromatic nitrogens is 1. The number of carbonyl (C=O) groups is 2. The van der Waals surface area contributed by atoms with Crippen LogP contribution in [0.4, 0.5) is 0 Å². The first-order valence-electron chi connectivity index (χ1n) is 10.9. The van der Waals surface area contributed by atoms with E-state index in [1.54, 1.807) is 36.5 Å². The van der Waals surface area contributed by atoms with Gasteiger partial charge >= 0.3 is 0 Å². The number of hydrogen-bond acceptors (Lipinski definition) is 6. The average molecular weight is 447 g/mol. The zero-order valence-corrected chi connectivity index (χ0v) is 18.3. The fourth-order valence-corrected chi connectivity index (χ4v) is 4.73. The zero-order valence-electron chi connectivity index (χ0n) is 18.3. The van der Waals surface area contributed by atoms with E-state index in [0.717, 1.165) is 16.9 Å². The number of carbonyl (C=O) groups excluding carboxylic acids is 2. The van der Waals surface area contributed by atoms with E-state index in [1.807, 2.05) is 41.3 Å². The molecule has 2 atom stereocenters. The molecule has 2 aromatic heterocycles. The summed E-state index contributed by atoms with van der Waals surface area (Å²) in [4.78, 5) is 34.7. The molecule has 1 spiro atoms. The molecule has 8 nitrogen and oxygen atoms in total. The molecule has 2 fully saturated rings. The Morgan fingerprint density at radius 3 is 2.76 bits per heavy atom. The molecule has 3 aromatic rings. The van der Waals surface area contributed by atoms with Gasteiger partial charge in [-0.1, -0.05) is 18.2 Å². The van der Waals surface area contributed by atoms with Crippen LogP contribution >= 0.6 is 0 Å². The van der Waals surface area contributed by atoms with Gasteiger partial charge in [0.1, 0.15) is 5.75 Å². The number of nitrogens with zero attached hydrogens (tertiary/aromatic N) is 3. The number of ether oxygens (including phenoxy) is 2. The minimum atomic E-state index is -1.17. The molecule has 5 rings (SSSR count). The van der Waals surface area contributed by atoms with Gasteiger partial charge in [-0.3, -0.25) is 14.6 Å². The maximum Gasteiger partial charge on any atom is 0.289 e. The number of likely N-dealkylation sites (tertiary alicyclic amines) is 1. The summed E-state index contributed by atoms with van der Waals surface area (Å²) in [5.41, 5.74) is 0.697. The van der Waals surface area contributed by atoms with Crippen LogP contribution in [0.2, 0.25) is 0 Å². The smallest absolute Gasteiger partial charge is 0.289 e. The van der Waals surface area contributed by atoms with E-state index in [-0.39, 0.29) is 30.0 Å². The molecule has 0 radical (unpaired) electrons. The summed E-state index contributed by atoms with van der Waals surface area (Å²) in [5, 5.41) is 0. The van der Waals surface area contributed by atoms with Crippen molar-refractivity contribution in [2.75, 3.05) is 33.4 Å². The second-order valence-corrected chi connectivity index (χ2v) is 8.31.